The second kappa shape index (κ2) is 14.1. The van der Waals surface area contributed by atoms with E-state index in [9.17, 15) is 4.79 Å². The maximum Gasteiger partial charge on any atom is 0.338 e. The number of aliphatic imine (C=N–C) groups is 1. The number of piperidine rings is 1. The zero-order valence-corrected chi connectivity index (χ0v) is 21.4. The molecule has 0 aromatic heterocycles. The van der Waals surface area contributed by atoms with Gasteiger partial charge < -0.3 is 20.3 Å². The number of carbonyl (C=O) groups is 1. The van der Waals surface area contributed by atoms with Crippen molar-refractivity contribution in [3.8, 4) is 0 Å². The first-order valence-electron chi connectivity index (χ1n) is 11.2. The zero-order chi connectivity index (χ0) is 21.9. The molecule has 7 heteroatoms. The third-order valence-electron chi connectivity index (χ3n) is 5.53. The first-order chi connectivity index (χ1) is 15.2. The summed E-state index contributed by atoms with van der Waals surface area (Å²) in [5.41, 5.74) is 2.54. The van der Waals surface area contributed by atoms with Crippen molar-refractivity contribution in [3.63, 3.8) is 0 Å². The molecule has 1 aliphatic rings. The van der Waals surface area contributed by atoms with Gasteiger partial charge in [-0.1, -0.05) is 49.4 Å². The summed E-state index contributed by atoms with van der Waals surface area (Å²) in [6, 6.07) is 17.7. The van der Waals surface area contributed by atoms with Crippen LogP contribution in [0.3, 0.4) is 0 Å². The Kier molecular flexibility index (Phi) is 11.5. The average Bonchev–Trinajstić information content (AvgIpc) is 2.82. The van der Waals surface area contributed by atoms with Crippen LogP contribution in [-0.2, 0) is 17.9 Å². The first kappa shape index (κ1) is 26.1. The molecule has 1 aliphatic heterocycles. The van der Waals surface area contributed by atoms with Gasteiger partial charge in [0.1, 0.15) is 6.61 Å². The van der Waals surface area contributed by atoms with E-state index in [1.54, 1.807) is 13.1 Å². The molecule has 0 bridgehead atoms. The van der Waals surface area contributed by atoms with E-state index in [4.69, 9.17) is 4.74 Å². The molecule has 2 aromatic carbocycles. The number of carbonyl (C=O) groups excluding carboxylic acids is 1. The minimum atomic E-state index is -0.313. The highest BCUT2D eigenvalue weighted by molar-refractivity contribution is 14.0. The molecule has 174 valence electrons. The largest absolute Gasteiger partial charge is 0.457 e. The molecule has 0 radical (unpaired) electrons. The molecule has 32 heavy (non-hydrogen) atoms. The van der Waals surface area contributed by atoms with Crippen molar-refractivity contribution in [2.75, 3.05) is 26.7 Å². The number of rotatable bonds is 8. The van der Waals surface area contributed by atoms with Crippen LogP contribution >= 0.6 is 24.0 Å². The van der Waals surface area contributed by atoms with Crippen molar-refractivity contribution in [2.24, 2.45) is 4.99 Å². The quantitative estimate of drug-likeness (QED) is 0.223. The van der Waals surface area contributed by atoms with Gasteiger partial charge in [0.25, 0.3) is 0 Å². The van der Waals surface area contributed by atoms with E-state index in [1.165, 1.54) is 13.0 Å². The summed E-state index contributed by atoms with van der Waals surface area (Å²) in [5.74, 6) is 0.484. The standard InChI is InChI=1S/C25H34N4O2.HI/c1-3-14-29-15-12-23(13-16-29)28-25(26-2)27-18-21-10-7-11-22(17-21)24(30)31-19-20-8-5-4-6-9-20;/h4-11,17,23H,3,12-16,18-19H2,1-2H3,(H2,26,27,28);1H. The van der Waals surface area contributed by atoms with Crippen LogP contribution in [0.25, 0.3) is 0 Å². The monoisotopic (exact) mass is 550 g/mol. The summed E-state index contributed by atoms with van der Waals surface area (Å²) in [7, 11) is 1.79. The Bertz CT molecular complexity index is 852. The van der Waals surface area contributed by atoms with Crippen LogP contribution in [0.2, 0.25) is 0 Å². The SMILES string of the molecule is CCCN1CCC(NC(=NC)NCc2cccc(C(=O)OCc3ccccc3)c2)CC1.I. The fraction of sp³-hybridized carbons (Fsp3) is 0.440. The molecule has 2 N–H and O–H groups in total. The average molecular weight is 550 g/mol. The van der Waals surface area contributed by atoms with E-state index in [-0.39, 0.29) is 36.6 Å². The summed E-state index contributed by atoms with van der Waals surface area (Å²) in [6.07, 6.45) is 3.47. The molecule has 0 spiro atoms. The number of nitrogens with one attached hydrogen (secondary N) is 2. The molecule has 0 unspecified atom stereocenters. The lowest BCUT2D eigenvalue weighted by Gasteiger charge is -2.32. The Morgan fingerprint density at radius 3 is 2.50 bits per heavy atom. The zero-order valence-electron chi connectivity index (χ0n) is 19.0. The molecule has 6 nitrogen and oxygen atoms in total. The highest BCUT2D eigenvalue weighted by atomic mass is 127. The lowest BCUT2D eigenvalue weighted by molar-refractivity contribution is 0.0472. The Labute approximate surface area is 208 Å². The Morgan fingerprint density at radius 2 is 1.81 bits per heavy atom. The van der Waals surface area contributed by atoms with Gasteiger partial charge in [0, 0.05) is 32.7 Å². The number of nitrogens with zero attached hydrogens (tertiary/aromatic N) is 2. The molecular weight excluding hydrogens is 515 g/mol. The predicted octanol–water partition coefficient (Wildman–Crippen LogP) is 4.20. The van der Waals surface area contributed by atoms with Crippen LogP contribution < -0.4 is 10.6 Å². The molecule has 3 rings (SSSR count). The van der Waals surface area contributed by atoms with Gasteiger partial charge in [-0.3, -0.25) is 4.99 Å². The molecule has 0 saturated carbocycles. The summed E-state index contributed by atoms with van der Waals surface area (Å²) >= 11 is 0. The molecule has 0 atom stereocenters. The summed E-state index contributed by atoms with van der Waals surface area (Å²) in [6.45, 7) is 6.55. The summed E-state index contributed by atoms with van der Waals surface area (Å²) in [4.78, 5) is 19.3. The topological polar surface area (TPSA) is 66.0 Å². The summed E-state index contributed by atoms with van der Waals surface area (Å²) in [5, 5.41) is 6.90. The van der Waals surface area contributed by atoms with Crippen molar-refractivity contribution >= 4 is 35.9 Å². The van der Waals surface area contributed by atoms with Gasteiger partial charge >= 0.3 is 5.97 Å². The van der Waals surface area contributed by atoms with Crippen LogP contribution in [0.15, 0.2) is 59.6 Å². The van der Waals surface area contributed by atoms with Gasteiger partial charge in [-0.05, 0) is 49.1 Å². The highest BCUT2D eigenvalue weighted by Crippen LogP contribution is 2.11. The number of halogens is 1. The van der Waals surface area contributed by atoms with E-state index in [0.717, 1.165) is 43.0 Å². The van der Waals surface area contributed by atoms with Crippen molar-refractivity contribution in [1.29, 1.82) is 0 Å². The number of guanidine groups is 1. The maximum atomic E-state index is 12.4. The molecular formula is C25H35IN4O2. The number of hydrogen-bond acceptors (Lipinski definition) is 4. The van der Waals surface area contributed by atoms with E-state index in [1.807, 2.05) is 48.5 Å². The van der Waals surface area contributed by atoms with Crippen LogP contribution in [-0.4, -0.2) is 49.6 Å². The first-order valence-corrected chi connectivity index (χ1v) is 11.2. The Morgan fingerprint density at radius 1 is 1.09 bits per heavy atom. The Balaban J connectivity index is 0.00000363. The van der Waals surface area contributed by atoms with Gasteiger partial charge in [-0.15, -0.1) is 24.0 Å². The maximum absolute atomic E-state index is 12.4. The van der Waals surface area contributed by atoms with Gasteiger partial charge in [0.15, 0.2) is 5.96 Å². The van der Waals surface area contributed by atoms with Crippen molar-refractivity contribution in [3.05, 3.63) is 71.3 Å². The lowest BCUT2D eigenvalue weighted by Crippen LogP contribution is -2.48. The number of ether oxygens (including phenoxy) is 1. The molecule has 1 heterocycles. The van der Waals surface area contributed by atoms with Crippen molar-refractivity contribution in [2.45, 2.75) is 45.4 Å². The third-order valence-corrected chi connectivity index (χ3v) is 5.53. The smallest absolute Gasteiger partial charge is 0.338 e. The molecule has 1 fully saturated rings. The van der Waals surface area contributed by atoms with E-state index < -0.39 is 0 Å². The number of benzene rings is 2. The minimum absolute atomic E-state index is 0. The van der Waals surface area contributed by atoms with Gasteiger partial charge in [-0.2, -0.15) is 0 Å². The molecule has 1 saturated heterocycles. The van der Waals surface area contributed by atoms with E-state index >= 15 is 0 Å². The fourth-order valence-electron chi connectivity index (χ4n) is 3.81. The summed E-state index contributed by atoms with van der Waals surface area (Å²) < 4.78 is 5.44. The second-order valence-corrected chi connectivity index (χ2v) is 7.95. The minimum Gasteiger partial charge on any atom is -0.457 e. The van der Waals surface area contributed by atoms with Crippen LogP contribution in [0, 0.1) is 0 Å². The van der Waals surface area contributed by atoms with Crippen LogP contribution in [0.1, 0.15) is 47.7 Å². The fourth-order valence-corrected chi connectivity index (χ4v) is 3.81. The van der Waals surface area contributed by atoms with E-state index in [2.05, 4.69) is 27.4 Å². The Hall–Kier alpha value is -2.13. The van der Waals surface area contributed by atoms with Gasteiger partial charge in [0.05, 0.1) is 5.56 Å². The molecule has 0 amide bonds. The van der Waals surface area contributed by atoms with E-state index in [0.29, 0.717) is 18.2 Å². The highest BCUT2D eigenvalue weighted by Gasteiger charge is 2.19. The van der Waals surface area contributed by atoms with Crippen LogP contribution in [0.5, 0.6) is 0 Å². The van der Waals surface area contributed by atoms with Gasteiger partial charge in [0.2, 0.25) is 0 Å². The normalized spacial score (nSPS) is 15.0. The van der Waals surface area contributed by atoms with Crippen molar-refractivity contribution in [1.82, 2.24) is 15.5 Å². The predicted molar refractivity (Wildman–Crippen MR) is 141 cm³/mol. The van der Waals surface area contributed by atoms with Gasteiger partial charge in [-0.25, -0.2) is 4.79 Å². The second-order valence-electron chi connectivity index (χ2n) is 7.95. The number of hydrogen-bond donors (Lipinski definition) is 2. The van der Waals surface area contributed by atoms with Crippen molar-refractivity contribution < 1.29 is 9.53 Å². The molecule has 0 aliphatic carbocycles. The lowest BCUT2D eigenvalue weighted by atomic mass is 10.1. The van der Waals surface area contributed by atoms with Crippen LogP contribution in [0.4, 0.5) is 0 Å². The molecule has 2 aromatic rings. The third kappa shape index (κ3) is 8.43. The number of likely N-dealkylation sites (tertiary alicyclic amines) is 1. The number of esters is 1.